The van der Waals surface area contributed by atoms with Crippen LogP contribution in [0.1, 0.15) is 31.2 Å². The average Bonchev–Trinajstić information content (AvgIpc) is 3.20. The van der Waals surface area contributed by atoms with E-state index in [4.69, 9.17) is 9.97 Å². The molecule has 3 aromatic rings. The highest BCUT2D eigenvalue weighted by molar-refractivity contribution is 7.07. The third-order valence-electron chi connectivity index (χ3n) is 5.24. The number of anilines is 2. The van der Waals surface area contributed by atoms with Crippen molar-refractivity contribution in [2.24, 2.45) is 0 Å². The van der Waals surface area contributed by atoms with Crippen molar-refractivity contribution in [3.63, 3.8) is 0 Å². The van der Waals surface area contributed by atoms with E-state index in [0.717, 1.165) is 42.1 Å². The third-order valence-corrected chi connectivity index (χ3v) is 5.97. The summed E-state index contributed by atoms with van der Waals surface area (Å²) in [5, 5.41) is 12.7. The van der Waals surface area contributed by atoms with Crippen molar-refractivity contribution in [2.75, 3.05) is 24.3 Å². The molecule has 0 spiro atoms. The summed E-state index contributed by atoms with van der Waals surface area (Å²) in [5.74, 6) is 1.71. The van der Waals surface area contributed by atoms with Gasteiger partial charge in [0.15, 0.2) is 0 Å². The molecule has 1 aliphatic carbocycles. The molecule has 27 heavy (non-hydrogen) atoms. The van der Waals surface area contributed by atoms with E-state index in [0.29, 0.717) is 12.1 Å². The zero-order valence-corrected chi connectivity index (χ0v) is 16.8. The van der Waals surface area contributed by atoms with E-state index in [2.05, 4.69) is 44.5 Å². The van der Waals surface area contributed by atoms with Crippen LogP contribution in [0, 0.1) is 0 Å². The first kappa shape index (κ1) is 18.2. The van der Waals surface area contributed by atoms with Gasteiger partial charge in [-0.1, -0.05) is 12.1 Å². The highest BCUT2D eigenvalue weighted by Gasteiger charge is 2.22. The van der Waals surface area contributed by atoms with E-state index >= 15 is 0 Å². The number of hydrogen-bond donors (Lipinski definition) is 2. The summed E-state index contributed by atoms with van der Waals surface area (Å²) in [4.78, 5) is 11.6. The lowest BCUT2D eigenvalue weighted by molar-refractivity contribution is 0.352. The van der Waals surface area contributed by atoms with Gasteiger partial charge in [0.25, 0.3) is 0 Å². The minimum atomic E-state index is 0.445. The van der Waals surface area contributed by atoms with E-state index < -0.39 is 0 Å². The average molecular weight is 382 g/mol. The Bertz CT molecular complexity index is 869. The fourth-order valence-corrected chi connectivity index (χ4v) is 4.41. The molecule has 1 fully saturated rings. The van der Waals surface area contributed by atoms with Gasteiger partial charge in [-0.15, -0.1) is 0 Å². The monoisotopic (exact) mass is 381 g/mol. The summed E-state index contributed by atoms with van der Waals surface area (Å²) in [6.07, 6.45) is 4.68. The summed E-state index contributed by atoms with van der Waals surface area (Å²) in [5.41, 5.74) is 2.38. The fraction of sp³-hybridized carbons (Fsp3) is 0.429. The molecule has 0 atom stereocenters. The molecule has 2 aromatic heterocycles. The van der Waals surface area contributed by atoms with Gasteiger partial charge in [-0.3, -0.25) is 0 Å². The maximum Gasteiger partial charge on any atom is 0.225 e. The molecule has 5 nitrogen and oxygen atoms in total. The van der Waals surface area contributed by atoms with E-state index in [1.165, 1.54) is 18.4 Å². The van der Waals surface area contributed by atoms with Crippen LogP contribution >= 0.6 is 11.3 Å². The van der Waals surface area contributed by atoms with E-state index in [1.54, 1.807) is 11.3 Å². The van der Waals surface area contributed by atoms with Gasteiger partial charge in [-0.25, -0.2) is 4.98 Å². The van der Waals surface area contributed by atoms with Crippen molar-refractivity contribution in [3.8, 4) is 0 Å². The maximum absolute atomic E-state index is 4.77. The lowest BCUT2D eigenvalue weighted by atomic mass is 9.91. The first-order chi connectivity index (χ1) is 13.2. The number of benzene rings is 1. The predicted octanol–water partition coefficient (Wildman–Crippen LogP) is 4.27. The molecule has 0 radical (unpaired) electrons. The van der Waals surface area contributed by atoms with Crippen LogP contribution in [0.15, 0.2) is 41.1 Å². The van der Waals surface area contributed by atoms with Crippen molar-refractivity contribution in [1.82, 2.24) is 15.3 Å². The van der Waals surface area contributed by atoms with Crippen molar-refractivity contribution in [2.45, 2.75) is 44.3 Å². The van der Waals surface area contributed by atoms with Gasteiger partial charge in [0, 0.05) is 38.1 Å². The maximum atomic E-state index is 4.77. The predicted molar refractivity (Wildman–Crippen MR) is 115 cm³/mol. The van der Waals surface area contributed by atoms with Crippen molar-refractivity contribution in [3.05, 3.63) is 46.7 Å². The number of aromatic nitrogens is 2. The van der Waals surface area contributed by atoms with Crippen LogP contribution in [0.2, 0.25) is 0 Å². The molecule has 0 saturated heterocycles. The van der Waals surface area contributed by atoms with Crippen LogP contribution in [0.25, 0.3) is 10.9 Å². The second-order valence-corrected chi connectivity index (χ2v) is 8.27. The molecular weight excluding hydrogens is 354 g/mol. The van der Waals surface area contributed by atoms with Crippen LogP contribution in [-0.4, -0.2) is 36.1 Å². The summed E-state index contributed by atoms with van der Waals surface area (Å²) in [7, 11) is 4.06. The molecule has 2 N–H and O–H groups in total. The summed E-state index contributed by atoms with van der Waals surface area (Å²) < 4.78 is 0. The quantitative estimate of drug-likeness (QED) is 0.668. The number of nitrogens with one attached hydrogen (secondary N) is 2. The van der Waals surface area contributed by atoms with Gasteiger partial charge in [-0.2, -0.15) is 16.3 Å². The topological polar surface area (TPSA) is 53.1 Å². The molecule has 4 rings (SSSR count). The Hall–Kier alpha value is -2.18. The molecular formula is C21H27N5S. The molecule has 1 aliphatic rings. The Balaban J connectivity index is 1.37. The molecule has 142 valence electrons. The van der Waals surface area contributed by atoms with Gasteiger partial charge in [0.2, 0.25) is 5.95 Å². The van der Waals surface area contributed by atoms with Crippen molar-refractivity contribution >= 4 is 34.0 Å². The molecule has 1 saturated carbocycles. The number of rotatable bonds is 6. The van der Waals surface area contributed by atoms with Crippen LogP contribution in [-0.2, 0) is 6.54 Å². The van der Waals surface area contributed by atoms with Gasteiger partial charge in [0.1, 0.15) is 5.82 Å². The van der Waals surface area contributed by atoms with E-state index in [1.807, 2.05) is 26.2 Å². The van der Waals surface area contributed by atoms with Crippen molar-refractivity contribution in [1.29, 1.82) is 0 Å². The molecule has 6 heteroatoms. The Morgan fingerprint density at radius 1 is 1.04 bits per heavy atom. The Morgan fingerprint density at radius 2 is 1.81 bits per heavy atom. The first-order valence-electron chi connectivity index (χ1n) is 9.64. The number of nitrogens with zero attached hydrogens (tertiary/aromatic N) is 3. The van der Waals surface area contributed by atoms with Gasteiger partial charge in [0.05, 0.1) is 5.52 Å². The lowest BCUT2D eigenvalue weighted by Crippen LogP contribution is -2.36. The highest BCUT2D eigenvalue weighted by atomic mass is 32.1. The normalized spacial score (nSPS) is 19.9. The highest BCUT2D eigenvalue weighted by Crippen LogP contribution is 2.26. The number of fused-ring (bicyclic) bond motifs is 1. The van der Waals surface area contributed by atoms with E-state index in [-0.39, 0.29) is 0 Å². The SMILES string of the molecule is CN(C)c1nc(N[C@H]2CC[C@@H](NCc3ccsc3)CC2)nc2ccccc12. The smallest absolute Gasteiger partial charge is 0.225 e. The zero-order valence-electron chi connectivity index (χ0n) is 16.0. The van der Waals surface area contributed by atoms with Crippen LogP contribution in [0.5, 0.6) is 0 Å². The van der Waals surface area contributed by atoms with Crippen LogP contribution in [0.3, 0.4) is 0 Å². The largest absolute Gasteiger partial charge is 0.362 e. The van der Waals surface area contributed by atoms with E-state index in [9.17, 15) is 0 Å². The number of thiophene rings is 1. The zero-order chi connectivity index (χ0) is 18.6. The number of hydrogen-bond acceptors (Lipinski definition) is 6. The molecule has 0 bridgehead atoms. The Morgan fingerprint density at radius 3 is 2.56 bits per heavy atom. The molecule has 0 unspecified atom stereocenters. The summed E-state index contributed by atoms with van der Waals surface area (Å²) >= 11 is 1.76. The minimum Gasteiger partial charge on any atom is -0.362 e. The second kappa shape index (κ2) is 8.23. The first-order valence-corrected chi connectivity index (χ1v) is 10.6. The minimum absolute atomic E-state index is 0.445. The number of para-hydroxylation sites is 1. The lowest BCUT2D eigenvalue weighted by Gasteiger charge is -2.30. The third kappa shape index (κ3) is 4.39. The summed E-state index contributed by atoms with van der Waals surface area (Å²) in [6, 6.07) is 11.5. The van der Waals surface area contributed by atoms with Crippen molar-refractivity contribution < 1.29 is 0 Å². The van der Waals surface area contributed by atoms with Crippen LogP contribution in [0.4, 0.5) is 11.8 Å². The molecule has 0 amide bonds. The standard InChI is InChI=1S/C21H27N5S/c1-26(2)20-18-5-3-4-6-19(18)24-21(25-20)23-17-9-7-16(8-10-17)22-13-15-11-12-27-14-15/h3-6,11-12,14,16-17,22H,7-10,13H2,1-2H3,(H,23,24,25)/t16-,17+. The van der Waals surface area contributed by atoms with Crippen LogP contribution < -0.4 is 15.5 Å². The second-order valence-electron chi connectivity index (χ2n) is 7.49. The molecule has 2 heterocycles. The van der Waals surface area contributed by atoms with Gasteiger partial charge in [-0.05, 0) is 60.2 Å². The Kier molecular flexibility index (Phi) is 5.55. The van der Waals surface area contributed by atoms with Gasteiger partial charge >= 0.3 is 0 Å². The Labute approximate surface area is 164 Å². The summed E-state index contributed by atoms with van der Waals surface area (Å²) in [6.45, 7) is 0.978. The molecule has 0 aliphatic heterocycles. The fourth-order valence-electron chi connectivity index (χ4n) is 3.75. The van der Waals surface area contributed by atoms with Gasteiger partial charge < -0.3 is 15.5 Å². The molecule has 1 aromatic carbocycles.